The number of rotatable bonds is 3. The van der Waals surface area contributed by atoms with E-state index in [0.717, 1.165) is 34.8 Å². The number of fused-ring (bicyclic) bond motifs is 1. The first kappa shape index (κ1) is 11.9. The highest BCUT2D eigenvalue weighted by Crippen LogP contribution is 2.18. The van der Waals surface area contributed by atoms with Gasteiger partial charge in [-0.2, -0.15) is 5.10 Å². The van der Waals surface area contributed by atoms with Crippen molar-refractivity contribution in [1.82, 2.24) is 19.9 Å². The Kier molecular flexibility index (Phi) is 3.01. The lowest BCUT2D eigenvalue weighted by Crippen LogP contribution is -2.10. The van der Waals surface area contributed by atoms with Crippen molar-refractivity contribution >= 4 is 5.65 Å². The van der Waals surface area contributed by atoms with Crippen LogP contribution in [0, 0.1) is 6.92 Å². The molecule has 0 aliphatic carbocycles. The van der Waals surface area contributed by atoms with Crippen molar-refractivity contribution in [2.45, 2.75) is 13.5 Å². The molecule has 3 rings (SSSR count). The number of nitrogens with zero attached hydrogens (tertiary/aromatic N) is 3. The number of aryl methyl sites for hydroxylation is 1. The van der Waals surface area contributed by atoms with E-state index in [1.807, 2.05) is 48.8 Å². The Labute approximate surface area is 112 Å². The summed E-state index contributed by atoms with van der Waals surface area (Å²) >= 11 is 0. The van der Waals surface area contributed by atoms with Gasteiger partial charge in [0.15, 0.2) is 5.65 Å². The molecule has 1 aromatic carbocycles. The molecular weight excluding hydrogens is 236 g/mol. The lowest BCUT2D eigenvalue weighted by molar-refractivity contribution is 0.744. The summed E-state index contributed by atoms with van der Waals surface area (Å²) < 4.78 is 1.92. The Hall–Kier alpha value is -2.20. The minimum absolute atomic E-state index is 0.762. The zero-order chi connectivity index (χ0) is 13.2. The third kappa shape index (κ3) is 2.11. The minimum Gasteiger partial charge on any atom is -0.314 e. The zero-order valence-electron chi connectivity index (χ0n) is 11.1. The molecule has 0 aliphatic rings. The summed E-state index contributed by atoms with van der Waals surface area (Å²) in [6.07, 6.45) is 0. The summed E-state index contributed by atoms with van der Waals surface area (Å²) in [5.41, 5.74) is 5.10. The summed E-state index contributed by atoms with van der Waals surface area (Å²) in [6.45, 7) is 2.78. The maximum atomic E-state index is 4.70. The zero-order valence-corrected chi connectivity index (χ0v) is 11.1. The van der Waals surface area contributed by atoms with Crippen molar-refractivity contribution in [3.05, 3.63) is 53.9 Å². The molecule has 0 saturated heterocycles. The van der Waals surface area contributed by atoms with Crippen molar-refractivity contribution in [3.8, 4) is 11.3 Å². The number of hydrogen-bond acceptors (Lipinski definition) is 3. The van der Waals surface area contributed by atoms with Gasteiger partial charge in [0.25, 0.3) is 0 Å². The summed E-state index contributed by atoms with van der Waals surface area (Å²) in [6, 6.07) is 14.2. The summed E-state index contributed by atoms with van der Waals surface area (Å²) in [4.78, 5) is 4.53. The van der Waals surface area contributed by atoms with Crippen LogP contribution in [0.25, 0.3) is 16.9 Å². The normalized spacial score (nSPS) is 11.1. The van der Waals surface area contributed by atoms with Gasteiger partial charge in [0.2, 0.25) is 0 Å². The van der Waals surface area contributed by atoms with Crippen LogP contribution in [-0.2, 0) is 6.54 Å². The SMILES string of the molecule is CNCc1c(C)nc2ccc(-c3ccccc3)nn12. The van der Waals surface area contributed by atoms with Crippen LogP contribution in [0.5, 0.6) is 0 Å². The molecule has 0 unspecified atom stereocenters. The Morgan fingerprint density at radius 2 is 1.89 bits per heavy atom. The van der Waals surface area contributed by atoms with Crippen LogP contribution in [0.1, 0.15) is 11.4 Å². The lowest BCUT2D eigenvalue weighted by Gasteiger charge is -2.04. The second-order valence-corrected chi connectivity index (χ2v) is 4.53. The lowest BCUT2D eigenvalue weighted by atomic mass is 10.1. The van der Waals surface area contributed by atoms with Gasteiger partial charge in [0, 0.05) is 12.1 Å². The van der Waals surface area contributed by atoms with Crippen LogP contribution < -0.4 is 5.32 Å². The number of benzene rings is 1. The molecule has 0 bridgehead atoms. The van der Waals surface area contributed by atoms with E-state index in [9.17, 15) is 0 Å². The van der Waals surface area contributed by atoms with Crippen molar-refractivity contribution in [1.29, 1.82) is 0 Å². The van der Waals surface area contributed by atoms with E-state index in [-0.39, 0.29) is 0 Å². The van der Waals surface area contributed by atoms with Crippen LogP contribution in [0.2, 0.25) is 0 Å². The van der Waals surface area contributed by atoms with Gasteiger partial charge in [0.05, 0.1) is 17.1 Å². The molecule has 0 aliphatic heterocycles. The Morgan fingerprint density at radius 1 is 1.11 bits per heavy atom. The van der Waals surface area contributed by atoms with Crippen LogP contribution in [0.4, 0.5) is 0 Å². The first-order valence-corrected chi connectivity index (χ1v) is 6.35. The van der Waals surface area contributed by atoms with Crippen LogP contribution in [-0.4, -0.2) is 21.6 Å². The van der Waals surface area contributed by atoms with E-state index in [2.05, 4.69) is 22.4 Å². The smallest absolute Gasteiger partial charge is 0.154 e. The summed E-state index contributed by atoms with van der Waals surface area (Å²) in [5.74, 6) is 0. The maximum absolute atomic E-state index is 4.70. The largest absolute Gasteiger partial charge is 0.314 e. The van der Waals surface area contributed by atoms with Gasteiger partial charge < -0.3 is 5.32 Å². The molecule has 0 spiro atoms. The third-order valence-corrected chi connectivity index (χ3v) is 3.18. The van der Waals surface area contributed by atoms with E-state index in [4.69, 9.17) is 5.10 Å². The molecule has 19 heavy (non-hydrogen) atoms. The fourth-order valence-corrected chi connectivity index (χ4v) is 2.22. The van der Waals surface area contributed by atoms with Crippen molar-refractivity contribution in [2.24, 2.45) is 0 Å². The Bertz CT molecular complexity index is 701. The molecule has 1 N–H and O–H groups in total. The molecule has 0 amide bonds. The highest BCUT2D eigenvalue weighted by Gasteiger charge is 2.10. The van der Waals surface area contributed by atoms with Gasteiger partial charge in [-0.3, -0.25) is 0 Å². The maximum Gasteiger partial charge on any atom is 0.154 e. The standard InChI is InChI=1S/C15H16N4/c1-11-14(10-16-2)19-15(17-11)9-8-13(18-19)12-6-4-3-5-7-12/h3-9,16H,10H2,1-2H3. The average molecular weight is 252 g/mol. The van der Waals surface area contributed by atoms with Crippen LogP contribution in [0.15, 0.2) is 42.5 Å². The second-order valence-electron chi connectivity index (χ2n) is 4.53. The molecule has 0 fully saturated rings. The van der Waals surface area contributed by atoms with Gasteiger partial charge in [-0.15, -0.1) is 0 Å². The number of imidazole rings is 1. The molecule has 2 heterocycles. The van der Waals surface area contributed by atoms with Crippen molar-refractivity contribution < 1.29 is 0 Å². The third-order valence-electron chi connectivity index (χ3n) is 3.18. The van der Waals surface area contributed by atoms with Gasteiger partial charge >= 0.3 is 0 Å². The van der Waals surface area contributed by atoms with E-state index >= 15 is 0 Å². The first-order valence-electron chi connectivity index (χ1n) is 6.35. The first-order chi connectivity index (χ1) is 9.29. The van der Waals surface area contributed by atoms with E-state index in [1.165, 1.54) is 0 Å². The number of hydrogen-bond donors (Lipinski definition) is 1. The quantitative estimate of drug-likeness (QED) is 0.778. The van der Waals surface area contributed by atoms with Gasteiger partial charge in [-0.05, 0) is 26.1 Å². The molecule has 3 aromatic rings. The molecular formula is C15H16N4. The predicted octanol–water partition coefficient (Wildman–Crippen LogP) is 2.42. The fourth-order valence-electron chi connectivity index (χ4n) is 2.22. The van der Waals surface area contributed by atoms with Gasteiger partial charge in [0.1, 0.15) is 0 Å². The molecule has 4 heteroatoms. The predicted molar refractivity (Wildman–Crippen MR) is 75.9 cm³/mol. The Balaban J connectivity index is 2.17. The summed E-state index contributed by atoms with van der Waals surface area (Å²) in [5, 5.41) is 7.86. The monoisotopic (exact) mass is 252 g/mol. The van der Waals surface area contributed by atoms with Crippen LogP contribution >= 0.6 is 0 Å². The van der Waals surface area contributed by atoms with E-state index in [0.29, 0.717) is 0 Å². The van der Waals surface area contributed by atoms with Crippen LogP contribution in [0.3, 0.4) is 0 Å². The van der Waals surface area contributed by atoms with E-state index in [1.54, 1.807) is 0 Å². The Morgan fingerprint density at radius 3 is 2.63 bits per heavy atom. The highest BCUT2D eigenvalue weighted by molar-refractivity contribution is 5.60. The topological polar surface area (TPSA) is 42.2 Å². The molecule has 96 valence electrons. The van der Waals surface area contributed by atoms with Gasteiger partial charge in [-0.1, -0.05) is 30.3 Å². The van der Waals surface area contributed by atoms with Crippen molar-refractivity contribution in [3.63, 3.8) is 0 Å². The molecule has 2 aromatic heterocycles. The molecule has 0 atom stereocenters. The number of aromatic nitrogens is 3. The molecule has 4 nitrogen and oxygen atoms in total. The average Bonchev–Trinajstić information content (AvgIpc) is 2.76. The summed E-state index contributed by atoms with van der Waals surface area (Å²) in [7, 11) is 1.93. The fraction of sp³-hybridized carbons (Fsp3) is 0.200. The number of nitrogens with one attached hydrogen (secondary N) is 1. The highest BCUT2D eigenvalue weighted by atomic mass is 15.3. The molecule has 0 saturated carbocycles. The van der Waals surface area contributed by atoms with Crippen molar-refractivity contribution in [2.75, 3.05) is 7.05 Å². The van der Waals surface area contributed by atoms with Gasteiger partial charge in [-0.25, -0.2) is 9.50 Å². The second kappa shape index (κ2) is 4.82. The van der Waals surface area contributed by atoms with E-state index < -0.39 is 0 Å². The minimum atomic E-state index is 0.762. The molecule has 0 radical (unpaired) electrons.